The number of halogens is 1. The predicted molar refractivity (Wildman–Crippen MR) is 50.0 cm³/mol. The van der Waals surface area contributed by atoms with Gasteiger partial charge in [0.25, 0.3) is 0 Å². The van der Waals surface area contributed by atoms with Crippen molar-refractivity contribution in [1.82, 2.24) is 5.32 Å². The highest BCUT2D eigenvalue weighted by Crippen LogP contribution is 2.25. The van der Waals surface area contributed by atoms with Crippen molar-refractivity contribution in [3.05, 3.63) is 21.3 Å². The number of carbonyl (C=O) groups excluding carboxylic acids is 1. The summed E-state index contributed by atoms with van der Waals surface area (Å²) in [4.78, 5) is 12.3. The summed E-state index contributed by atoms with van der Waals surface area (Å²) < 4.78 is 0. The Morgan fingerprint density at radius 2 is 2.42 bits per heavy atom. The van der Waals surface area contributed by atoms with Gasteiger partial charge in [-0.15, -0.1) is 11.3 Å². The summed E-state index contributed by atoms with van der Waals surface area (Å²) in [7, 11) is 0. The van der Waals surface area contributed by atoms with E-state index in [1.165, 1.54) is 11.3 Å². The maximum atomic E-state index is 11.6. The van der Waals surface area contributed by atoms with Gasteiger partial charge >= 0.3 is 0 Å². The molecule has 2 rings (SSSR count). The Balaban J connectivity index is 2.19. The minimum absolute atomic E-state index is 0.154. The molecule has 0 atom stereocenters. The number of ketones is 1. The quantitative estimate of drug-likeness (QED) is 0.740. The number of thiophene rings is 1. The van der Waals surface area contributed by atoms with E-state index in [4.69, 9.17) is 11.6 Å². The van der Waals surface area contributed by atoms with Crippen molar-refractivity contribution in [2.24, 2.45) is 5.92 Å². The van der Waals surface area contributed by atoms with Crippen LogP contribution in [0.3, 0.4) is 0 Å². The van der Waals surface area contributed by atoms with Crippen LogP contribution in [0, 0.1) is 5.92 Å². The minimum Gasteiger partial charge on any atom is -0.315 e. The Labute approximate surface area is 79.5 Å². The molecule has 0 unspecified atom stereocenters. The molecule has 0 spiro atoms. The molecule has 0 aliphatic carbocycles. The van der Waals surface area contributed by atoms with Crippen molar-refractivity contribution in [3.63, 3.8) is 0 Å². The molecule has 12 heavy (non-hydrogen) atoms. The van der Waals surface area contributed by atoms with Gasteiger partial charge in [0.15, 0.2) is 5.78 Å². The van der Waals surface area contributed by atoms with Crippen LogP contribution < -0.4 is 5.32 Å². The molecular weight excluding hydrogens is 194 g/mol. The lowest BCUT2D eigenvalue weighted by atomic mass is 9.97. The van der Waals surface area contributed by atoms with Gasteiger partial charge in [-0.2, -0.15) is 0 Å². The molecule has 2 nitrogen and oxygen atoms in total. The lowest BCUT2D eigenvalue weighted by molar-refractivity contribution is 0.0882. The maximum Gasteiger partial charge on any atom is 0.179 e. The number of carbonyl (C=O) groups is 1. The lowest BCUT2D eigenvalue weighted by Gasteiger charge is -2.25. The highest BCUT2D eigenvalue weighted by atomic mass is 35.5. The second-order valence-electron chi connectivity index (χ2n) is 2.82. The number of hydrogen-bond acceptors (Lipinski definition) is 3. The van der Waals surface area contributed by atoms with E-state index in [0.29, 0.717) is 9.90 Å². The zero-order valence-corrected chi connectivity index (χ0v) is 7.91. The molecule has 1 aromatic rings. The Hall–Kier alpha value is -0.380. The average Bonchev–Trinajstić information content (AvgIpc) is 2.31. The second-order valence-corrected chi connectivity index (χ2v) is 4.14. The predicted octanol–water partition coefficient (Wildman–Crippen LogP) is 1.80. The lowest BCUT2D eigenvalue weighted by Crippen LogP contribution is -2.46. The van der Waals surface area contributed by atoms with E-state index in [1.54, 1.807) is 6.07 Å². The third kappa shape index (κ3) is 1.28. The molecule has 1 aliphatic heterocycles. The molecule has 1 fully saturated rings. The molecule has 0 bridgehead atoms. The first-order valence-corrected chi connectivity index (χ1v) is 5.02. The van der Waals surface area contributed by atoms with Gasteiger partial charge in [-0.05, 0) is 11.4 Å². The average molecular weight is 202 g/mol. The molecular formula is C8H8ClNOS. The maximum absolute atomic E-state index is 11.6. The fraction of sp³-hybridized carbons (Fsp3) is 0.375. The molecule has 0 saturated carbocycles. The zero-order chi connectivity index (χ0) is 8.55. The van der Waals surface area contributed by atoms with Crippen LogP contribution in [-0.4, -0.2) is 18.9 Å². The standard InChI is InChI=1S/C8H8ClNOS/c9-6-1-2-12-8(6)7(11)5-3-10-4-5/h1-2,5,10H,3-4H2. The summed E-state index contributed by atoms with van der Waals surface area (Å²) in [6.45, 7) is 1.60. The fourth-order valence-corrected chi connectivity index (χ4v) is 2.30. The Morgan fingerprint density at radius 3 is 2.83 bits per heavy atom. The first kappa shape index (κ1) is 8.23. The minimum atomic E-state index is 0.154. The largest absolute Gasteiger partial charge is 0.315 e. The number of Topliss-reactive ketones (excluding diaryl/α,β-unsaturated/α-hetero) is 1. The van der Waals surface area contributed by atoms with Gasteiger partial charge in [0, 0.05) is 19.0 Å². The summed E-state index contributed by atoms with van der Waals surface area (Å²) in [5, 5.41) is 5.51. The molecule has 64 valence electrons. The SMILES string of the molecule is O=C(c1sccc1Cl)C1CNC1. The van der Waals surface area contributed by atoms with Crippen LogP contribution in [0.5, 0.6) is 0 Å². The fourth-order valence-electron chi connectivity index (χ4n) is 1.13. The van der Waals surface area contributed by atoms with E-state index >= 15 is 0 Å². The monoisotopic (exact) mass is 201 g/mol. The Bertz CT molecular complexity index is 306. The molecule has 1 N–H and O–H groups in total. The van der Waals surface area contributed by atoms with Gasteiger partial charge in [-0.3, -0.25) is 4.79 Å². The normalized spacial score (nSPS) is 17.4. The zero-order valence-electron chi connectivity index (χ0n) is 6.34. The van der Waals surface area contributed by atoms with Crippen LogP contribution in [0.2, 0.25) is 5.02 Å². The van der Waals surface area contributed by atoms with Crippen molar-refractivity contribution >= 4 is 28.7 Å². The third-order valence-electron chi connectivity index (χ3n) is 1.99. The third-order valence-corrected chi connectivity index (χ3v) is 3.35. The molecule has 0 amide bonds. The van der Waals surface area contributed by atoms with Gasteiger partial charge in [-0.25, -0.2) is 0 Å². The van der Waals surface area contributed by atoms with Crippen LogP contribution in [-0.2, 0) is 0 Å². The van der Waals surface area contributed by atoms with Gasteiger partial charge in [0.1, 0.15) is 0 Å². The van der Waals surface area contributed by atoms with Crippen molar-refractivity contribution in [2.45, 2.75) is 0 Å². The van der Waals surface area contributed by atoms with E-state index in [-0.39, 0.29) is 11.7 Å². The smallest absolute Gasteiger partial charge is 0.179 e. The van der Waals surface area contributed by atoms with E-state index in [0.717, 1.165) is 13.1 Å². The highest BCUT2D eigenvalue weighted by molar-refractivity contribution is 7.12. The van der Waals surface area contributed by atoms with Crippen LogP contribution in [0.15, 0.2) is 11.4 Å². The van der Waals surface area contributed by atoms with Crippen LogP contribution in [0.25, 0.3) is 0 Å². The van der Waals surface area contributed by atoms with Gasteiger partial charge in [-0.1, -0.05) is 11.6 Å². The Morgan fingerprint density at radius 1 is 1.67 bits per heavy atom. The van der Waals surface area contributed by atoms with Gasteiger partial charge < -0.3 is 5.32 Å². The summed E-state index contributed by atoms with van der Waals surface area (Å²) >= 11 is 7.25. The van der Waals surface area contributed by atoms with Gasteiger partial charge in [0.05, 0.1) is 9.90 Å². The van der Waals surface area contributed by atoms with Crippen molar-refractivity contribution in [2.75, 3.05) is 13.1 Å². The number of rotatable bonds is 2. The first-order valence-electron chi connectivity index (χ1n) is 3.77. The molecule has 0 radical (unpaired) electrons. The van der Waals surface area contributed by atoms with Crippen LogP contribution >= 0.6 is 22.9 Å². The van der Waals surface area contributed by atoms with Crippen LogP contribution in [0.4, 0.5) is 0 Å². The number of nitrogens with one attached hydrogen (secondary N) is 1. The summed E-state index contributed by atoms with van der Waals surface area (Å²) in [5.74, 6) is 0.343. The topological polar surface area (TPSA) is 29.1 Å². The Kier molecular flexibility index (Phi) is 2.17. The molecule has 1 aromatic heterocycles. The van der Waals surface area contributed by atoms with Crippen LogP contribution in [0.1, 0.15) is 9.67 Å². The van der Waals surface area contributed by atoms with E-state index < -0.39 is 0 Å². The molecule has 1 saturated heterocycles. The molecule has 0 aromatic carbocycles. The second kappa shape index (κ2) is 3.17. The molecule has 1 aliphatic rings. The van der Waals surface area contributed by atoms with Crippen molar-refractivity contribution < 1.29 is 4.79 Å². The van der Waals surface area contributed by atoms with Gasteiger partial charge in [0.2, 0.25) is 0 Å². The van der Waals surface area contributed by atoms with E-state index in [9.17, 15) is 4.79 Å². The molecule has 4 heteroatoms. The summed E-state index contributed by atoms with van der Waals surface area (Å²) in [6.07, 6.45) is 0. The molecule has 2 heterocycles. The first-order chi connectivity index (χ1) is 5.79. The van der Waals surface area contributed by atoms with E-state index in [2.05, 4.69) is 5.32 Å². The van der Waals surface area contributed by atoms with E-state index in [1.807, 2.05) is 5.38 Å². The summed E-state index contributed by atoms with van der Waals surface area (Å²) in [6, 6.07) is 1.77. The van der Waals surface area contributed by atoms with Crippen molar-refractivity contribution in [1.29, 1.82) is 0 Å². The highest BCUT2D eigenvalue weighted by Gasteiger charge is 2.27. The number of hydrogen-bond donors (Lipinski definition) is 1. The summed E-state index contributed by atoms with van der Waals surface area (Å²) in [5.41, 5.74) is 0. The van der Waals surface area contributed by atoms with Crippen molar-refractivity contribution in [3.8, 4) is 0 Å².